The number of carbonyl (C=O) groups excluding carboxylic acids is 2. The summed E-state index contributed by atoms with van der Waals surface area (Å²) in [6, 6.07) is 8.58. The zero-order valence-electron chi connectivity index (χ0n) is 13.4. The van der Waals surface area contributed by atoms with E-state index >= 15 is 0 Å². The molecule has 1 aromatic carbocycles. The van der Waals surface area contributed by atoms with Gasteiger partial charge in [-0.1, -0.05) is 24.3 Å². The lowest BCUT2D eigenvalue weighted by Crippen LogP contribution is -2.44. The molecule has 0 N–H and O–H groups in total. The van der Waals surface area contributed by atoms with E-state index in [0.717, 1.165) is 25.7 Å². The SMILES string of the molecule is CN1CCC(C(=O)N(C)C2CCCc3ccccc32)CC1=O. The Kier molecular flexibility index (Phi) is 4.19. The minimum Gasteiger partial charge on any atom is -0.346 e. The minimum absolute atomic E-state index is 0.0852. The van der Waals surface area contributed by atoms with Crippen molar-refractivity contribution in [1.82, 2.24) is 9.80 Å². The molecule has 22 heavy (non-hydrogen) atoms. The van der Waals surface area contributed by atoms with Gasteiger partial charge in [0, 0.05) is 33.0 Å². The summed E-state index contributed by atoms with van der Waals surface area (Å²) in [5.41, 5.74) is 2.64. The lowest BCUT2D eigenvalue weighted by atomic mass is 9.86. The van der Waals surface area contributed by atoms with Crippen LogP contribution in [0.15, 0.2) is 24.3 Å². The summed E-state index contributed by atoms with van der Waals surface area (Å²) in [7, 11) is 3.71. The number of carbonyl (C=O) groups is 2. The normalized spacial score (nSPS) is 24.8. The Labute approximate surface area is 132 Å². The van der Waals surface area contributed by atoms with Gasteiger partial charge in [-0.15, -0.1) is 0 Å². The molecule has 0 spiro atoms. The predicted octanol–water partition coefficient (Wildman–Crippen LogP) is 2.39. The van der Waals surface area contributed by atoms with Crippen LogP contribution in [0, 0.1) is 5.92 Å². The Bertz CT molecular complexity index is 584. The van der Waals surface area contributed by atoms with E-state index < -0.39 is 0 Å². The molecule has 0 saturated carbocycles. The van der Waals surface area contributed by atoms with Gasteiger partial charge < -0.3 is 9.80 Å². The lowest BCUT2D eigenvalue weighted by molar-refractivity contribution is -0.145. The van der Waals surface area contributed by atoms with Gasteiger partial charge in [-0.3, -0.25) is 9.59 Å². The number of hydrogen-bond donors (Lipinski definition) is 0. The van der Waals surface area contributed by atoms with Crippen LogP contribution in [0.3, 0.4) is 0 Å². The van der Waals surface area contributed by atoms with Gasteiger partial charge in [0.1, 0.15) is 0 Å². The predicted molar refractivity (Wildman–Crippen MR) is 85.3 cm³/mol. The highest BCUT2D eigenvalue weighted by molar-refractivity contribution is 5.87. The molecule has 1 saturated heterocycles. The van der Waals surface area contributed by atoms with Gasteiger partial charge in [-0.2, -0.15) is 0 Å². The molecule has 4 nitrogen and oxygen atoms in total. The molecule has 1 aliphatic heterocycles. The summed E-state index contributed by atoms with van der Waals surface area (Å²) >= 11 is 0. The maximum atomic E-state index is 12.8. The van der Waals surface area contributed by atoms with Crippen molar-refractivity contribution >= 4 is 11.8 Å². The number of benzene rings is 1. The topological polar surface area (TPSA) is 40.6 Å². The second-order valence-electron chi connectivity index (χ2n) is 6.56. The highest BCUT2D eigenvalue weighted by Gasteiger charge is 2.34. The second-order valence-corrected chi connectivity index (χ2v) is 6.56. The van der Waals surface area contributed by atoms with Gasteiger partial charge in [0.25, 0.3) is 0 Å². The molecule has 0 bridgehead atoms. The average molecular weight is 300 g/mol. The fourth-order valence-electron chi connectivity index (χ4n) is 3.73. The molecule has 2 amide bonds. The lowest BCUT2D eigenvalue weighted by Gasteiger charge is -2.37. The van der Waals surface area contributed by atoms with Crippen molar-refractivity contribution in [2.75, 3.05) is 20.6 Å². The number of amides is 2. The van der Waals surface area contributed by atoms with Crippen LogP contribution in [0.4, 0.5) is 0 Å². The monoisotopic (exact) mass is 300 g/mol. The number of hydrogen-bond acceptors (Lipinski definition) is 2. The number of fused-ring (bicyclic) bond motifs is 1. The van der Waals surface area contributed by atoms with E-state index in [4.69, 9.17) is 0 Å². The van der Waals surface area contributed by atoms with E-state index in [-0.39, 0.29) is 23.8 Å². The fraction of sp³-hybridized carbons (Fsp3) is 0.556. The smallest absolute Gasteiger partial charge is 0.226 e. The average Bonchev–Trinajstić information content (AvgIpc) is 2.55. The number of nitrogens with zero attached hydrogens (tertiary/aromatic N) is 2. The van der Waals surface area contributed by atoms with Gasteiger partial charge in [-0.05, 0) is 36.8 Å². The molecular weight excluding hydrogens is 276 g/mol. The van der Waals surface area contributed by atoms with E-state index in [1.54, 1.807) is 4.90 Å². The van der Waals surface area contributed by atoms with Crippen LogP contribution in [0.25, 0.3) is 0 Å². The molecule has 0 radical (unpaired) electrons. The number of likely N-dealkylation sites (tertiary alicyclic amines) is 1. The molecular formula is C18H24N2O2. The molecule has 1 aliphatic carbocycles. The first-order valence-electron chi connectivity index (χ1n) is 8.16. The summed E-state index contributed by atoms with van der Waals surface area (Å²) in [4.78, 5) is 28.3. The van der Waals surface area contributed by atoms with Gasteiger partial charge in [0.15, 0.2) is 0 Å². The van der Waals surface area contributed by atoms with Crippen LogP contribution in [-0.2, 0) is 16.0 Å². The van der Waals surface area contributed by atoms with Crippen LogP contribution in [0.1, 0.15) is 42.9 Å². The van der Waals surface area contributed by atoms with Crippen molar-refractivity contribution in [3.63, 3.8) is 0 Å². The van der Waals surface area contributed by atoms with Gasteiger partial charge in [0.05, 0.1) is 6.04 Å². The van der Waals surface area contributed by atoms with E-state index in [9.17, 15) is 9.59 Å². The van der Waals surface area contributed by atoms with Gasteiger partial charge in [0.2, 0.25) is 11.8 Å². The Morgan fingerprint density at radius 1 is 1.27 bits per heavy atom. The van der Waals surface area contributed by atoms with E-state index in [0.29, 0.717) is 13.0 Å². The zero-order valence-corrected chi connectivity index (χ0v) is 13.4. The standard InChI is InChI=1S/C18H24N2O2/c1-19-11-10-14(12-17(19)21)18(22)20(2)16-9-5-7-13-6-3-4-8-15(13)16/h3-4,6,8,14,16H,5,7,9-12H2,1-2H3. The summed E-state index contributed by atoms with van der Waals surface area (Å²) in [5.74, 6) is 0.0630. The Balaban J connectivity index is 1.76. The van der Waals surface area contributed by atoms with Crippen molar-refractivity contribution in [2.24, 2.45) is 5.92 Å². The molecule has 0 aromatic heterocycles. The number of piperidine rings is 1. The molecule has 2 aliphatic rings. The van der Waals surface area contributed by atoms with E-state index in [1.807, 2.05) is 19.0 Å². The van der Waals surface area contributed by atoms with E-state index in [1.165, 1.54) is 11.1 Å². The first-order valence-corrected chi connectivity index (χ1v) is 8.16. The molecule has 1 fully saturated rings. The maximum absolute atomic E-state index is 12.8. The Hall–Kier alpha value is -1.84. The first-order chi connectivity index (χ1) is 10.6. The van der Waals surface area contributed by atoms with Crippen molar-refractivity contribution in [3.8, 4) is 0 Å². The van der Waals surface area contributed by atoms with Gasteiger partial charge in [-0.25, -0.2) is 0 Å². The zero-order chi connectivity index (χ0) is 15.7. The first kappa shape index (κ1) is 15.1. The van der Waals surface area contributed by atoms with Crippen LogP contribution < -0.4 is 0 Å². The number of aryl methyl sites for hydroxylation is 1. The highest BCUT2D eigenvalue weighted by Crippen LogP contribution is 2.35. The molecule has 2 atom stereocenters. The molecule has 2 unspecified atom stereocenters. The number of rotatable bonds is 2. The minimum atomic E-state index is -0.150. The van der Waals surface area contributed by atoms with Crippen LogP contribution in [-0.4, -0.2) is 42.3 Å². The molecule has 4 heteroatoms. The van der Waals surface area contributed by atoms with Crippen LogP contribution in [0.5, 0.6) is 0 Å². The van der Waals surface area contributed by atoms with Crippen LogP contribution >= 0.6 is 0 Å². The third-order valence-corrected chi connectivity index (χ3v) is 5.16. The molecule has 1 heterocycles. The largest absolute Gasteiger partial charge is 0.346 e. The third kappa shape index (κ3) is 2.74. The fourth-order valence-corrected chi connectivity index (χ4v) is 3.73. The van der Waals surface area contributed by atoms with Gasteiger partial charge >= 0.3 is 0 Å². The second kappa shape index (κ2) is 6.11. The summed E-state index contributed by atoms with van der Waals surface area (Å²) in [6.07, 6.45) is 4.36. The molecule has 118 valence electrons. The summed E-state index contributed by atoms with van der Waals surface area (Å²) in [5, 5.41) is 0. The highest BCUT2D eigenvalue weighted by atomic mass is 16.2. The summed E-state index contributed by atoms with van der Waals surface area (Å²) < 4.78 is 0. The Morgan fingerprint density at radius 3 is 2.82 bits per heavy atom. The Morgan fingerprint density at radius 2 is 2.05 bits per heavy atom. The third-order valence-electron chi connectivity index (χ3n) is 5.16. The van der Waals surface area contributed by atoms with Crippen molar-refractivity contribution in [2.45, 2.75) is 38.1 Å². The van der Waals surface area contributed by atoms with Crippen molar-refractivity contribution in [3.05, 3.63) is 35.4 Å². The maximum Gasteiger partial charge on any atom is 0.226 e. The molecule has 1 aromatic rings. The van der Waals surface area contributed by atoms with Crippen LogP contribution in [0.2, 0.25) is 0 Å². The van der Waals surface area contributed by atoms with Crippen molar-refractivity contribution < 1.29 is 9.59 Å². The quantitative estimate of drug-likeness (QED) is 0.841. The van der Waals surface area contributed by atoms with E-state index in [2.05, 4.69) is 24.3 Å². The van der Waals surface area contributed by atoms with Crippen molar-refractivity contribution in [1.29, 1.82) is 0 Å². The summed E-state index contributed by atoms with van der Waals surface area (Å²) in [6.45, 7) is 0.685. The molecule has 3 rings (SSSR count).